The number of furan rings is 1. The van der Waals surface area contributed by atoms with Gasteiger partial charge in [0.1, 0.15) is 11.2 Å². The van der Waals surface area contributed by atoms with Crippen molar-refractivity contribution in [1.29, 1.82) is 0 Å². The first-order valence-electron chi connectivity index (χ1n) is 16.2. The molecule has 3 heterocycles. The SMILES string of the molecule is Cn1c(=O)n(C)c2cc(-c3ccc(-c4cc(-c5ccc(-c6ccc7oc8ccccc8c7c6)cc5)nc(-c5ccccc5)n4)cc3)ccc21. The summed E-state index contributed by atoms with van der Waals surface area (Å²) in [6.45, 7) is 0. The van der Waals surface area contributed by atoms with Gasteiger partial charge in [0.15, 0.2) is 5.82 Å². The molecule has 0 atom stereocenters. The Kier molecular flexibility index (Phi) is 6.62. The Morgan fingerprint density at radius 2 is 0.980 bits per heavy atom. The largest absolute Gasteiger partial charge is 0.456 e. The second-order valence-corrected chi connectivity index (χ2v) is 12.4. The number of benzene rings is 6. The van der Waals surface area contributed by atoms with Gasteiger partial charge in [-0.25, -0.2) is 14.8 Å². The molecule has 0 spiro atoms. The van der Waals surface area contributed by atoms with Gasteiger partial charge in [0.25, 0.3) is 0 Å². The molecule has 0 unspecified atom stereocenters. The molecule has 0 aliphatic heterocycles. The highest BCUT2D eigenvalue weighted by Crippen LogP contribution is 2.34. The minimum atomic E-state index is -0.0320. The second-order valence-electron chi connectivity index (χ2n) is 12.4. The van der Waals surface area contributed by atoms with Crippen LogP contribution in [0.25, 0.3) is 89.1 Å². The summed E-state index contributed by atoms with van der Waals surface area (Å²) in [7, 11) is 3.61. The van der Waals surface area contributed by atoms with Crippen molar-refractivity contribution in [1.82, 2.24) is 19.1 Å². The van der Waals surface area contributed by atoms with Crippen LogP contribution in [0.15, 0.2) is 155 Å². The van der Waals surface area contributed by atoms with E-state index in [1.165, 1.54) is 0 Å². The van der Waals surface area contributed by atoms with E-state index in [1.54, 1.807) is 16.2 Å². The molecule has 0 fully saturated rings. The summed E-state index contributed by atoms with van der Waals surface area (Å²) in [6, 6.07) is 49.8. The quantitative estimate of drug-likeness (QED) is 0.189. The molecule has 6 heteroatoms. The van der Waals surface area contributed by atoms with Crippen molar-refractivity contribution in [3.8, 4) is 56.2 Å². The van der Waals surface area contributed by atoms with Gasteiger partial charge in [-0.15, -0.1) is 0 Å². The summed E-state index contributed by atoms with van der Waals surface area (Å²) in [5.74, 6) is 0.675. The fraction of sp³-hybridized carbons (Fsp3) is 0.0465. The Bertz CT molecular complexity index is 2740. The fourth-order valence-electron chi connectivity index (χ4n) is 6.72. The van der Waals surface area contributed by atoms with Crippen LogP contribution < -0.4 is 5.69 Å². The van der Waals surface area contributed by atoms with Crippen LogP contribution in [0.1, 0.15) is 0 Å². The van der Waals surface area contributed by atoms with E-state index in [1.807, 2.05) is 61.6 Å². The third-order valence-electron chi connectivity index (χ3n) is 9.43. The van der Waals surface area contributed by atoms with Gasteiger partial charge in [-0.2, -0.15) is 0 Å². The molecule has 0 aliphatic carbocycles. The predicted molar refractivity (Wildman–Crippen MR) is 198 cm³/mol. The van der Waals surface area contributed by atoms with Gasteiger partial charge in [-0.1, -0.05) is 109 Å². The molecule has 0 saturated heterocycles. The van der Waals surface area contributed by atoms with E-state index in [0.29, 0.717) is 5.82 Å². The Labute approximate surface area is 282 Å². The zero-order chi connectivity index (χ0) is 33.1. The zero-order valence-electron chi connectivity index (χ0n) is 27.0. The highest BCUT2D eigenvalue weighted by molar-refractivity contribution is 6.06. The molecule has 49 heavy (non-hydrogen) atoms. The summed E-state index contributed by atoms with van der Waals surface area (Å²) >= 11 is 0. The van der Waals surface area contributed by atoms with Crippen LogP contribution in [0.3, 0.4) is 0 Å². The van der Waals surface area contributed by atoms with Crippen LogP contribution in [0.5, 0.6) is 0 Å². The van der Waals surface area contributed by atoms with Gasteiger partial charge >= 0.3 is 5.69 Å². The van der Waals surface area contributed by atoms with E-state index in [-0.39, 0.29) is 5.69 Å². The summed E-state index contributed by atoms with van der Waals surface area (Å²) in [5, 5.41) is 2.23. The van der Waals surface area contributed by atoms with Crippen molar-refractivity contribution in [3.63, 3.8) is 0 Å². The molecule has 234 valence electrons. The lowest BCUT2D eigenvalue weighted by Gasteiger charge is -2.11. The first-order chi connectivity index (χ1) is 24.0. The van der Waals surface area contributed by atoms with Crippen molar-refractivity contribution < 1.29 is 4.42 Å². The first-order valence-corrected chi connectivity index (χ1v) is 16.2. The smallest absolute Gasteiger partial charge is 0.328 e. The zero-order valence-corrected chi connectivity index (χ0v) is 27.0. The average Bonchev–Trinajstić information content (AvgIpc) is 3.64. The molecule has 0 amide bonds. The Morgan fingerprint density at radius 1 is 0.449 bits per heavy atom. The van der Waals surface area contributed by atoms with E-state index in [2.05, 4.69) is 91.0 Å². The first kappa shape index (κ1) is 28.7. The molecule has 0 N–H and O–H groups in total. The topological polar surface area (TPSA) is 65.8 Å². The monoisotopic (exact) mass is 634 g/mol. The highest BCUT2D eigenvalue weighted by Gasteiger charge is 2.14. The average molecular weight is 635 g/mol. The van der Waals surface area contributed by atoms with Gasteiger partial charge in [-0.05, 0) is 58.7 Å². The van der Waals surface area contributed by atoms with E-state index in [9.17, 15) is 4.79 Å². The summed E-state index contributed by atoms with van der Waals surface area (Å²) in [5.41, 5.74) is 12.6. The maximum Gasteiger partial charge on any atom is 0.328 e. The molecule has 6 nitrogen and oxygen atoms in total. The third-order valence-corrected chi connectivity index (χ3v) is 9.43. The van der Waals surface area contributed by atoms with Gasteiger partial charge in [0, 0.05) is 41.6 Å². The molecule has 3 aromatic heterocycles. The van der Waals surface area contributed by atoms with E-state index in [4.69, 9.17) is 14.4 Å². The fourth-order valence-corrected chi connectivity index (χ4v) is 6.72. The number of para-hydroxylation sites is 1. The molecule has 6 aromatic carbocycles. The van der Waals surface area contributed by atoms with Crippen molar-refractivity contribution in [3.05, 3.63) is 156 Å². The van der Waals surface area contributed by atoms with Crippen molar-refractivity contribution in [2.75, 3.05) is 0 Å². The minimum absolute atomic E-state index is 0.0320. The van der Waals surface area contributed by atoms with Crippen LogP contribution in [0.2, 0.25) is 0 Å². The van der Waals surface area contributed by atoms with Crippen LogP contribution in [-0.2, 0) is 14.1 Å². The minimum Gasteiger partial charge on any atom is -0.456 e. The van der Waals surface area contributed by atoms with Crippen LogP contribution in [0, 0.1) is 0 Å². The van der Waals surface area contributed by atoms with Crippen LogP contribution in [0.4, 0.5) is 0 Å². The Morgan fingerprint density at radius 3 is 1.67 bits per heavy atom. The van der Waals surface area contributed by atoms with E-state index < -0.39 is 0 Å². The molecular weight excluding hydrogens is 604 g/mol. The number of aryl methyl sites for hydroxylation is 2. The summed E-state index contributed by atoms with van der Waals surface area (Å²) in [6.07, 6.45) is 0. The van der Waals surface area contributed by atoms with Crippen LogP contribution in [-0.4, -0.2) is 19.1 Å². The number of rotatable bonds is 5. The Hall–Kier alpha value is -6.53. The van der Waals surface area contributed by atoms with Gasteiger partial charge in [0.2, 0.25) is 0 Å². The number of fused-ring (bicyclic) bond motifs is 4. The Balaban J connectivity index is 1.08. The maximum absolute atomic E-state index is 12.5. The molecule has 0 saturated carbocycles. The molecule has 0 radical (unpaired) electrons. The van der Waals surface area contributed by atoms with Gasteiger partial charge in [-0.3, -0.25) is 9.13 Å². The summed E-state index contributed by atoms with van der Waals surface area (Å²) in [4.78, 5) is 22.5. The highest BCUT2D eigenvalue weighted by atomic mass is 16.3. The standard InChI is InChI=1S/C43H30N4O2/c1-46-38-22-20-33(25-39(38)47(2)43(46)48)28-14-18-30(19-15-28)37-26-36(44-42(45-37)31-8-4-3-5-9-31)29-16-12-27(13-17-29)32-21-23-41-35(24-32)34-10-6-7-11-40(34)49-41/h3-26H,1-2H3. The van der Waals surface area contributed by atoms with Crippen LogP contribution >= 0.6 is 0 Å². The van der Waals surface area contributed by atoms with Gasteiger partial charge in [0.05, 0.1) is 22.4 Å². The van der Waals surface area contributed by atoms with Gasteiger partial charge < -0.3 is 4.42 Å². The van der Waals surface area contributed by atoms with Crippen molar-refractivity contribution in [2.24, 2.45) is 14.1 Å². The molecule has 9 rings (SSSR count). The molecule has 0 aliphatic rings. The van der Waals surface area contributed by atoms with Crippen molar-refractivity contribution >= 4 is 33.0 Å². The molecular formula is C43H30N4O2. The third kappa shape index (κ3) is 4.93. The lowest BCUT2D eigenvalue weighted by atomic mass is 9.99. The predicted octanol–water partition coefficient (Wildman–Crippen LogP) is 9.90. The number of aromatic nitrogens is 4. The van der Waals surface area contributed by atoms with E-state index >= 15 is 0 Å². The van der Waals surface area contributed by atoms with Crippen molar-refractivity contribution in [2.45, 2.75) is 0 Å². The number of hydrogen-bond donors (Lipinski definition) is 0. The number of hydrogen-bond acceptors (Lipinski definition) is 4. The lowest BCUT2D eigenvalue weighted by molar-refractivity contribution is 0.669. The normalized spacial score (nSPS) is 11.6. The molecule has 0 bridgehead atoms. The molecule has 9 aromatic rings. The van der Waals surface area contributed by atoms with E-state index in [0.717, 1.165) is 83.3 Å². The number of nitrogens with zero attached hydrogens (tertiary/aromatic N) is 4. The summed E-state index contributed by atoms with van der Waals surface area (Å²) < 4.78 is 9.41. The second kappa shape index (κ2) is 11.3. The lowest BCUT2D eigenvalue weighted by Crippen LogP contribution is -2.19. The number of imidazole rings is 1. The maximum atomic E-state index is 12.5.